The zero-order valence-electron chi connectivity index (χ0n) is 21.8. The molecule has 5 heteroatoms. The van der Waals surface area contributed by atoms with E-state index >= 15 is 0 Å². The van der Waals surface area contributed by atoms with Crippen molar-refractivity contribution in [2.75, 3.05) is 19.0 Å². The molecular formula is C34H28IN3S. The average Bonchev–Trinajstić information content (AvgIpc) is 3.40. The van der Waals surface area contributed by atoms with Gasteiger partial charge in [0.05, 0.1) is 4.70 Å². The number of benzene rings is 4. The topological polar surface area (TPSA) is 20.0 Å². The molecule has 0 saturated carbocycles. The molecule has 2 aromatic heterocycles. The number of thiazole rings is 1. The summed E-state index contributed by atoms with van der Waals surface area (Å²) in [5.41, 5.74) is 9.03. The Kier molecular flexibility index (Phi) is 8.19. The largest absolute Gasteiger partial charge is 1.00 e. The SMILES string of the molecule is CN(C)c1ccc(/C=C/c2cc(-c3ccccc3)cc(-c3ccccc3)[n+]2-c2nc3ccccc3s2)cc1.[I-]. The lowest BCUT2D eigenvalue weighted by Crippen LogP contribution is -3.00. The molecule has 192 valence electrons. The van der Waals surface area contributed by atoms with Gasteiger partial charge in [0.15, 0.2) is 5.52 Å². The highest BCUT2D eigenvalue weighted by Crippen LogP contribution is 2.30. The predicted octanol–water partition coefficient (Wildman–Crippen LogP) is 5.15. The van der Waals surface area contributed by atoms with Gasteiger partial charge in [-0.3, -0.25) is 0 Å². The van der Waals surface area contributed by atoms with Crippen molar-refractivity contribution in [3.8, 4) is 27.5 Å². The lowest BCUT2D eigenvalue weighted by atomic mass is 10.0. The molecule has 0 bridgehead atoms. The maximum atomic E-state index is 5.06. The van der Waals surface area contributed by atoms with E-state index in [4.69, 9.17) is 4.98 Å². The van der Waals surface area contributed by atoms with E-state index in [2.05, 4.69) is 151 Å². The van der Waals surface area contributed by atoms with Gasteiger partial charge in [-0.15, -0.1) is 0 Å². The van der Waals surface area contributed by atoms with Gasteiger partial charge >= 0.3 is 5.13 Å². The normalized spacial score (nSPS) is 11.0. The molecule has 0 amide bonds. The predicted molar refractivity (Wildman–Crippen MR) is 162 cm³/mol. The molecule has 0 aliphatic heterocycles. The van der Waals surface area contributed by atoms with Gasteiger partial charge in [0, 0.05) is 25.3 Å². The molecule has 6 aromatic rings. The number of rotatable bonds is 6. The van der Waals surface area contributed by atoms with E-state index in [0.29, 0.717) is 0 Å². The summed E-state index contributed by atoms with van der Waals surface area (Å²) in [6.45, 7) is 0. The number of para-hydroxylation sites is 1. The van der Waals surface area contributed by atoms with Crippen LogP contribution < -0.4 is 33.4 Å². The quantitative estimate of drug-likeness (QED) is 0.186. The van der Waals surface area contributed by atoms with Crippen LogP contribution in [0.4, 0.5) is 5.69 Å². The molecule has 0 aliphatic carbocycles. The summed E-state index contributed by atoms with van der Waals surface area (Å²) in [4.78, 5) is 7.18. The van der Waals surface area contributed by atoms with Gasteiger partial charge in [-0.2, -0.15) is 4.57 Å². The smallest absolute Gasteiger partial charge is 0.389 e. The standard InChI is InChI=1S/C34H28N3S.HI/c1-36(2)29-20-17-25(18-21-29)19-22-30-23-28(26-11-5-3-6-12-26)24-32(27-13-7-4-8-14-27)37(30)34-35-31-15-9-10-16-33(31)38-34;/h3-24H,1-2H3;1H/q+1;/p-1. The van der Waals surface area contributed by atoms with E-state index in [0.717, 1.165) is 33.2 Å². The Labute approximate surface area is 250 Å². The summed E-state index contributed by atoms with van der Waals surface area (Å²) in [7, 11) is 4.12. The molecule has 3 nitrogen and oxygen atoms in total. The number of hydrogen-bond donors (Lipinski definition) is 0. The molecule has 0 unspecified atom stereocenters. The first-order chi connectivity index (χ1) is 18.7. The summed E-state index contributed by atoms with van der Waals surface area (Å²) in [5, 5.41) is 0.951. The van der Waals surface area contributed by atoms with Crippen LogP contribution >= 0.6 is 11.3 Å². The number of anilines is 1. The first kappa shape index (κ1) is 26.8. The van der Waals surface area contributed by atoms with Crippen molar-refractivity contribution in [3.05, 3.63) is 133 Å². The van der Waals surface area contributed by atoms with Crippen LogP contribution in [0, 0.1) is 0 Å². The van der Waals surface area contributed by atoms with E-state index in [1.165, 1.54) is 21.5 Å². The third-order valence-electron chi connectivity index (χ3n) is 6.60. The van der Waals surface area contributed by atoms with Crippen LogP contribution in [0.3, 0.4) is 0 Å². The Balaban J connectivity index is 0.00000308. The fraction of sp³-hybridized carbons (Fsp3) is 0.0588. The first-order valence-electron chi connectivity index (χ1n) is 12.7. The maximum absolute atomic E-state index is 5.06. The highest BCUT2D eigenvalue weighted by Gasteiger charge is 2.24. The van der Waals surface area contributed by atoms with Crippen molar-refractivity contribution in [1.29, 1.82) is 0 Å². The number of hydrogen-bond acceptors (Lipinski definition) is 3. The second-order valence-corrected chi connectivity index (χ2v) is 10.4. The molecule has 0 fully saturated rings. The minimum Gasteiger partial charge on any atom is -1.00 e. The minimum atomic E-state index is 0. The van der Waals surface area contributed by atoms with E-state index in [1.807, 2.05) is 6.07 Å². The van der Waals surface area contributed by atoms with Crippen LogP contribution in [-0.2, 0) is 0 Å². The summed E-state index contributed by atoms with van der Waals surface area (Å²) >= 11 is 1.71. The number of halogens is 1. The third kappa shape index (κ3) is 5.79. The molecule has 4 aromatic carbocycles. The summed E-state index contributed by atoms with van der Waals surface area (Å²) in [5.74, 6) is 0. The van der Waals surface area contributed by atoms with Gasteiger partial charge in [-0.1, -0.05) is 91.0 Å². The van der Waals surface area contributed by atoms with Crippen LogP contribution in [0.2, 0.25) is 0 Å². The van der Waals surface area contributed by atoms with E-state index < -0.39 is 0 Å². The van der Waals surface area contributed by atoms with Gasteiger partial charge < -0.3 is 28.9 Å². The van der Waals surface area contributed by atoms with E-state index in [1.54, 1.807) is 11.3 Å². The lowest BCUT2D eigenvalue weighted by molar-refractivity contribution is -0.585. The molecule has 0 aliphatic rings. The molecule has 2 heterocycles. The minimum absolute atomic E-state index is 0. The van der Waals surface area contributed by atoms with Crippen molar-refractivity contribution in [3.63, 3.8) is 0 Å². The zero-order valence-corrected chi connectivity index (χ0v) is 24.8. The molecule has 0 N–H and O–H groups in total. The summed E-state index contributed by atoms with van der Waals surface area (Å²) < 4.78 is 3.47. The van der Waals surface area contributed by atoms with E-state index in [9.17, 15) is 0 Å². The molecule has 6 rings (SSSR count). The second-order valence-electron chi connectivity index (χ2n) is 9.41. The van der Waals surface area contributed by atoms with Crippen LogP contribution in [0.5, 0.6) is 0 Å². The zero-order chi connectivity index (χ0) is 25.9. The second kappa shape index (κ2) is 11.9. The Morgan fingerprint density at radius 2 is 1.31 bits per heavy atom. The van der Waals surface area contributed by atoms with Gasteiger partial charge in [0.1, 0.15) is 11.4 Å². The van der Waals surface area contributed by atoms with Crippen molar-refractivity contribution < 1.29 is 28.5 Å². The fourth-order valence-corrected chi connectivity index (χ4v) is 5.59. The Morgan fingerprint density at radius 1 is 0.667 bits per heavy atom. The monoisotopic (exact) mass is 637 g/mol. The van der Waals surface area contributed by atoms with Crippen LogP contribution in [-0.4, -0.2) is 19.1 Å². The van der Waals surface area contributed by atoms with Gasteiger partial charge in [-0.05, 0) is 75.5 Å². The van der Waals surface area contributed by atoms with Gasteiger partial charge in [-0.25, -0.2) is 0 Å². The maximum Gasteiger partial charge on any atom is 0.389 e. The molecular weight excluding hydrogens is 609 g/mol. The highest BCUT2D eigenvalue weighted by molar-refractivity contribution is 7.20. The molecule has 0 atom stereocenters. The molecule has 0 saturated heterocycles. The molecule has 0 spiro atoms. The number of aromatic nitrogens is 2. The van der Waals surface area contributed by atoms with Gasteiger partial charge in [0.25, 0.3) is 0 Å². The summed E-state index contributed by atoms with van der Waals surface area (Å²) in [6.07, 6.45) is 4.39. The van der Waals surface area contributed by atoms with Crippen molar-refractivity contribution in [2.24, 2.45) is 0 Å². The number of fused-ring (bicyclic) bond motifs is 1. The van der Waals surface area contributed by atoms with Crippen molar-refractivity contribution >= 4 is 39.4 Å². The van der Waals surface area contributed by atoms with Crippen LogP contribution in [0.25, 0.3) is 49.9 Å². The summed E-state index contributed by atoms with van der Waals surface area (Å²) in [6, 6.07) is 42.7. The Hall–Kier alpha value is -3.81. The molecule has 0 radical (unpaired) electrons. The Morgan fingerprint density at radius 3 is 1.97 bits per heavy atom. The molecule has 39 heavy (non-hydrogen) atoms. The number of pyridine rings is 1. The number of nitrogens with zero attached hydrogens (tertiary/aromatic N) is 3. The highest BCUT2D eigenvalue weighted by atomic mass is 127. The lowest BCUT2D eigenvalue weighted by Gasteiger charge is -2.12. The van der Waals surface area contributed by atoms with Crippen molar-refractivity contribution in [2.45, 2.75) is 0 Å². The van der Waals surface area contributed by atoms with Crippen LogP contribution in [0.15, 0.2) is 121 Å². The fourth-order valence-electron chi connectivity index (χ4n) is 4.59. The third-order valence-corrected chi connectivity index (χ3v) is 7.62. The van der Waals surface area contributed by atoms with Gasteiger partial charge in [0.2, 0.25) is 0 Å². The van der Waals surface area contributed by atoms with Crippen LogP contribution in [0.1, 0.15) is 11.3 Å². The van der Waals surface area contributed by atoms with E-state index in [-0.39, 0.29) is 24.0 Å². The Bertz CT molecular complexity index is 1690. The average molecular weight is 638 g/mol. The first-order valence-corrected chi connectivity index (χ1v) is 13.5. The van der Waals surface area contributed by atoms with Crippen molar-refractivity contribution in [1.82, 2.24) is 4.98 Å².